The SMILES string of the molecule is NS(=O)(=O)c1cn(Cc2ccc(F)c(F)c2)nc1[N+](=O)[O-]. The maximum absolute atomic E-state index is 13.1. The number of hydrogen-bond acceptors (Lipinski definition) is 5. The summed E-state index contributed by atoms with van der Waals surface area (Å²) >= 11 is 0. The molecule has 1 heterocycles. The first-order chi connectivity index (χ1) is 9.68. The molecule has 1 aromatic heterocycles. The number of rotatable bonds is 4. The normalized spacial score (nSPS) is 11.6. The molecule has 0 atom stereocenters. The van der Waals surface area contributed by atoms with Gasteiger partial charge in [0.2, 0.25) is 14.9 Å². The van der Waals surface area contributed by atoms with E-state index in [9.17, 15) is 27.3 Å². The summed E-state index contributed by atoms with van der Waals surface area (Å²) in [4.78, 5) is 8.98. The Morgan fingerprint density at radius 2 is 2.00 bits per heavy atom. The molecule has 0 saturated carbocycles. The molecular weight excluding hydrogens is 310 g/mol. The smallest absolute Gasteiger partial charge is 0.358 e. The average Bonchev–Trinajstić information content (AvgIpc) is 2.78. The highest BCUT2D eigenvalue weighted by Gasteiger charge is 2.28. The van der Waals surface area contributed by atoms with E-state index < -0.39 is 37.3 Å². The summed E-state index contributed by atoms with van der Waals surface area (Å²) in [6, 6.07) is 2.99. The maximum atomic E-state index is 13.1. The Bertz CT molecular complexity index is 818. The molecule has 0 aliphatic rings. The number of halogens is 2. The van der Waals surface area contributed by atoms with E-state index in [0.29, 0.717) is 0 Å². The second kappa shape index (κ2) is 5.18. The topological polar surface area (TPSA) is 121 Å². The lowest BCUT2D eigenvalue weighted by molar-refractivity contribution is -0.392. The zero-order chi connectivity index (χ0) is 15.8. The lowest BCUT2D eigenvalue weighted by atomic mass is 10.2. The number of hydrogen-bond donors (Lipinski definition) is 1. The summed E-state index contributed by atoms with van der Waals surface area (Å²) < 4.78 is 49.2. The first kappa shape index (κ1) is 15.0. The van der Waals surface area contributed by atoms with Crippen LogP contribution >= 0.6 is 0 Å². The highest BCUT2D eigenvalue weighted by atomic mass is 32.2. The van der Waals surface area contributed by atoms with Gasteiger partial charge >= 0.3 is 5.82 Å². The van der Waals surface area contributed by atoms with E-state index in [1.54, 1.807) is 0 Å². The van der Waals surface area contributed by atoms with Crippen molar-refractivity contribution in [2.45, 2.75) is 11.4 Å². The van der Waals surface area contributed by atoms with Crippen molar-refractivity contribution in [1.29, 1.82) is 0 Å². The number of sulfonamides is 1. The van der Waals surface area contributed by atoms with E-state index >= 15 is 0 Å². The van der Waals surface area contributed by atoms with Crippen LogP contribution in [0.2, 0.25) is 0 Å². The van der Waals surface area contributed by atoms with Crippen molar-refractivity contribution in [2.75, 3.05) is 0 Å². The number of aromatic nitrogens is 2. The summed E-state index contributed by atoms with van der Waals surface area (Å²) in [6.07, 6.45) is 0.856. The number of nitrogens with zero attached hydrogens (tertiary/aromatic N) is 3. The molecule has 0 radical (unpaired) electrons. The molecule has 2 N–H and O–H groups in total. The van der Waals surface area contributed by atoms with E-state index in [2.05, 4.69) is 5.10 Å². The van der Waals surface area contributed by atoms with Crippen molar-refractivity contribution in [1.82, 2.24) is 9.78 Å². The third kappa shape index (κ3) is 3.20. The van der Waals surface area contributed by atoms with E-state index in [1.807, 2.05) is 0 Å². The van der Waals surface area contributed by atoms with Crippen LogP contribution in [0.3, 0.4) is 0 Å². The minimum Gasteiger partial charge on any atom is -0.358 e. The Morgan fingerprint density at radius 1 is 1.33 bits per heavy atom. The number of primary sulfonamides is 1. The lowest BCUT2D eigenvalue weighted by Gasteiger charge is -1.99. The minimum atomic E-state index is -4.32. The summed E-state index contributed by atoms with van der Waals surface area (Å²) in [5.41, 5.74) is 0.243. The van der Waals surface area contributed by atoms with Gasteiger partial charge in [-0.2, -0.15) is 4.68 Å². The average molecular weight is 318 g/mol. The van der Waals surface area contributed by atoms with Crippen LogP contribution in [0.1, 0.15) is 5.56 Å². The monoisotopic (exact) mass is 318 g/mol. The highest BCUT2D eigenvalue weighted by molar-refractivity contribution is 7.89. The third-order valence-electron chi connectivity index (χ3n) is 2.52. The molecule has 8 nitrogen and oxygen atoms in total. The molecule has 2 rings (SSSR count). The van der Waals surface area contributed by atoms with Crippen LogP contribution in [-0.2, 0) is 16.6 Å². The van der Waals surface area contributed by atoms with Crippen LogP contribution in [0.4, 0.5) is 14.6 Å². The van der Waals surface area contributed by atoms with Gasteiger partial charge in [0.15, 0.2) is 11.6 Å². The fraction of sp³-hybridized carbons (Fsp3) is 0.100. The largest absolute Gasteiger partial charge is 0.410 e. The predicted molar refractivity (Wildman–Crippen MR) is 65.7 cm³/mol. The third-order valence-corrected chi connectivity index (χ3v) is 3.42. The zero-order valence-electron chi connectivity index (χ0n) is 10.2. The Hall–Kier alpha value is -2.40. The molecule has 0 saturated heterocycles. The van der Waals surface area contributed by atoms with Crippen LogP contribution in [0, 0.1) is 21.7 Å². The fourth-order valence-corrected chi connectivity index (χ4v) is 2.26. The van der Waals surface area contributed by atoms with Crippen LogP contribution in [0.25, 0.3) is 0 Å². The predicted octanol–water partition coefficient (Wildman–Crippen LogP) is 0.765. The van der Waals surface area contributed by atoms with E-state index in [1.165, 1.54) is 6.07 Å². The van der Waals surface area contributed by atoms with Crippen molar-refractivity contribution in [2.24, 2.45) is 5.14 Å². The minimum absolute atomic E-state index is 0.187. The molecule has 112 valence electrons. The number of nitrogens with two attached hydrogens (primary N) is 1. The molecule has 0 unspecified atom stereocenters. The van der Waals surface area contributed by atoms with Crippen LogP contribution in [-0.4, -0.2) is 23.1 Å². The van der Waals surface area contributed by atoms with Crippen molar-refractivity contribution in [3.63, 3.8) is 0 Å². The summed E-state index contributed by atoms with van der Waals surface area (Å²) in [5.74, 6) is -3.07. The van der Waals surface area contributed by atoms with Gasteiger partial charge in [0.1, 0.15) is 0 Å². The summed E-state index contributed by atoms with van der Waals surface area (Å²) in [7, 11) is -4.32. The Balaban J connectivity index is 2.41. The lowest BCUT2D eigenvalue weighted by Crippen LogP contribution is -2.13. The van der Waals surface area contributed by atoms with Gasteiger partial charge in [0.25, 0.3) is 0 Å². The standard InChI is InChI=1S/C10H8F2N4O4S/c11-7-2-1-6(3-8(7)12)4-15-5-9(21(13,19)20)10(14-15)16(17)18/h1-3,5H,4H2,(H2,13,19,20). The van der Waals surface area contributed by atoms with Crippen LogP contribution in [0.5, 0.6) is 0 Å². The van der Waals surface area contributed by atoms with E-state index in [-0.39, 0.29) is 12.1 Å². The van der Waals surface area contributed by atoms with Crippen molar-refractivity contribution in [3.8, 4) is 0 Å². The van der Waals surface area contributed by atoms with Crippen molar-refractivity contribution >= 4 is 15.8 Å². The maximum Gasteiger partial charge on any atom is 0.410 e. The molecule has 0 aliphatic heterocycles. The molecule has 0 fully saturated rings. The number of nitro groups is 1. The first-order valence-electron chi connectivity index (χ1n) is 5.37. The quantitative estimate of drug-likeness (QED) is 0.659. The summed E-state index contributed by atoms with van der Waals surface area (Å²) in [6.45, 7) is -0.187. The Morgan fingerprint density at radius 3 is 2.48 bits per heavy atom. The highest BCUT2D eigenvalue weighted by Crippen LogP contribution is 2.21. The molecule has 21 heavy (non-hydrogen) atoms. The van der Waals surface area contributed by atoms with Gasteiger partial charge in [-0.25, -0.2) is 22.3 Å². The van der Waals surface area contributed by atoms with Gasteiger partial charge in [-0.05, 0) is 22.6 Å². The number of benzene rings is 1. The molecule has 1 aromatic carbocycles. The molecule has 0 aliphatic carbocycles. The molecule has 0 bridgehead atoms. The Labute approximate surface area is 117 Å². The Kier molecular flexibility index (Phi) is 3.70. The zero-order valence-corrected chi connectivity index (χ0v) is 11.0. The van der Waals surface area contributed by atoms with Crippen LogP contribution < -0.4 is 5.14 Å². The van der Waals surface area contributed by atoms with Gasteiger partial charge < -0.3 is 10.1 Å². The van der Waals surface area contributed by atoms with Gasteiger partial charge in [-0.1, -0.05) is 6.07 Å². The molecule has 11 heteroatoms. The second-order valence-corrected chi connectivity index (χ2v) is 5.59. The van der Waals surface area contributed by atoms with Gasteiger partial charge in [-0.3, -0.25) is 0 Å². The molecule has 0 spiro atoms. The van der Waals surface area contributed by atoms with Gasteiger partial charge in [-0.15, -0.1) is 0 Å². The van der Waals surface area contributed by atoms with Gasteiger partial charge in [0.05, 0.1) is 17.8 Å². The molecular formula is C10H8F2N4O4S. The molecule has 0 amide bonds. The summed E-state index contributed by atoms with van der Waals surface area (Å²) in [5, 5.41) is 19.0. The van der Waals surface area contributed by atoms with E-state index in [0.717, 1.165) is 23.0 Å². The van der Waals surface area contributed by atoms with Crippen molar-refractivity contribution < 1.29 is 22.1 Å². The van der Waals surface area contributed by atoms with Gasteiger partial charge in [0, 0.05) is 0 Å². The fourth-order valence-electron chi connectivity index (χ4n) is 1.63. The van der Waals surface area contributed by atoms with E-state index in [4.69, 9.17) is 5.14 Å². The second-order valence-electron chi connectivity index (χ2n) is 4.07. The van der Waals surface area contributed by atoms with Crippen LogP contribution in [0.15, 0.2) is 29.3 Å². The van der Waals surface area contributed by atoms with Crippen molar-refractivity contribution in [3.05, 3.63) is 51.7 Å². The first-order valence-corrected chi connectivity index (χ1v) is 6.91. The molecule has 2 aromatic rings.